The zero-order valence-electron chi connectivity index (χ0n) is 18.0. The van der Waals surface area contributed by atoms with Crippen LogP contribution in [0.25, 0.3) is 0 Å². The number of thioether (sulfide) groups is 1. The lowest BCUT2D eigenvalue weighted by Crippen LogP contribution is -2.17. The van der Waals surface area contributed by atoms with Crippen molar-refractivity contribution in [2.75, 3.05) is 0 Å². The largest absolute Gasteiger partial charge is 0.271 e. The fourth-order valence-corrected chi connectivity index (χ4v) is 4.18. The van der Waals surface area contributed by atoms with Crippen LogP contribution in [-0.4, -0.2) is 22.1 Å². The number of aryl methyl sites for hydroxylation is 5. The summed E-state index contributed by atoms with van der Waals surface area (Å²) in [5.74, 6) is 0.514. The van der Waals surface area contributed by atoms with Crippen molar-refractivity contribution in [2.45, 2.75) is 45.5 Å². The van der Waals surface area contributed by atoms with Crippen LogP contribution in [0.4, 0.5) is 0 Å². The van der Waals surface area contributed by atoms with E-state index in [1.165, 1.54) is 5.56 Å². The number of carbonyl (C=O) groups excluding carboxylic acids is 1. The van der Waals surface area contributed by atoms with Crippen LogP contribution in [0.5, 0.6) is 0 Å². The van der Waals surface area contributed by atoms with Gasteiger partial charge < -0.3 is 0 Å². The van der Waals surface area contributed by atoms with E-state index in [1.54, 1.807) is 18.0 Å². The van der Waals surface area contributed by atoms with E-state index in [9.17, 15) is 4.79 Å². The molecular formula is C24H26N4OS. The highest BCUT2D eigenvalue weighted by Gasteiger charge is 2.06. The summed E-state index contributed by atoms with van der Waals surface area (Å²) < 4.78 is 0. The van der Waals surface area contributed by atoms with E-state index in [0.717, 1.165) is 44.6 Å². The summed E-state index contributed by atoms with van der Waals surface area (Å²) in [6.45, 7) is 10.1. The molecule has 6 heteroatoms. The highest BCUT2D eigenvalue weighted by Crippen LogP contribution is 2.20. The summed E-state index contributed by atoms with van der Waals surface area (Å²) in [7, 11) is 0. The highest BCUT2D eigenvalue weighted by atomic mass is 32.2. The number of aromatic nitrogens is 2. The van der Waals surface area contributed by atoms with Gasteiger partial charge in [0.2, 0.25) is 0 Å². The molecular weight excluding hydrogens is 392 g/mol. The second kappa shape index (κ2) is 9.67. The van der Waals surface area contributed by atoms with Gasteiger partial charge in [-0.25, -0.2) is 15.4 Å². The van der Waals surface area contributed by atoms with E-state index in [2.05, 4.69) is 39.6 Å². The third kappa shape index (κ3) is 5.76. The van der Waals surface area contributed by atoms with Crippen molar-refractivity contribution >= 4 is 23.9 Å². The molecule has 3 aromatic rings. The number of carbonyl (C=O) groups is 1. The number of amides is 1. The number of hydrogen-bond donors (Lipinski definition) is 1. The molecule has 0 fully saturated rings. The number of nitrogens with zero attached hydrogens (tertiary/aromatic N) is 3. The van der Waals surface area contributed by atoms with E-state index >= 15 is 0 Å². The Hall–Kier alpha value is -2.99. The minimum Gasteiger partial charge on any atom is -0.267 e. The van der Waals surface area contributed by atoms with E-state index in [1.807, 2.05) is 58.0 Å². The average molecular weight is 419 g/mol. The van der Waals surface area contributed by atoms with Crippen molar-refractivity contribution in [1.82, 2.24) is 15.4 Å². The Morgan fingerprint density at radius 3 is 2.17 bits per heavy atom. The third-order valence-electron chi connectivity index (χ3n) is 4.64. The molecule has 1 N–H and O–H groups in total. The van der Waals surface area contributed by atoms with Crippen molar-refractivity contribution in [2.24, 2.45) is 5.10 Å². The maximum Gasteiger partial charge on any atom is 0.271 e. The van der Waals surface area contributed by atoms with Gasteiger partial charge in [0.05, 0.1) is 6.21 Å². The molecule has 1 heterocycles. The number of nitrogens with one attached hydrogen (secondary N) is 1. The molecule has 0 saturated heterocycles. The molecule has 0 aliphatic rings. The van der Waals surface area contributed by atoms with Crippen molar-refractivity contribution < 1.29 is 4.79 Å². The fourth-order valence-electron chi connectivity index (χ4n) is 3.27. The maximum atomic E-state index is 12.4. The van der Waals surface area contributed by atoms with Crippen LogP contribution in [0, 0.1) is 34.6 Å². The Kier molecular flexibility index (Phi) is 7.00. The Balaban J connectivity index is 1.58. The SMILES string of the molecule is Cc1cc(C)c(/C=N/NC(=O)c2ccc(CSc3nc(C)cc(C)n3)cc2)c(C)c1. The van der Waals surface area contributed by atoms with Gasteiger partial charge in [-0.1, -0.05) is 41.6 Å². The van der Waals surface area contributed by atoms with E-state index in [4.69, 9.17) is 0 Å². The molecule has 30 heavy (non-hydrogen) atoms. The maximum absolute atomic E-state index is 12.4. The molecule has 154 valence electrons. The Bertz CT molecular complexity index is 1050. The molecule has 1 amide bonds. The van der Waals surface area contributed by atoms with Crippen molar-refractivity contribution in [1.29, 1.82) is 0 Å². The number of hydrazone groups is 1. The lowest BCUT2D eigenvalue weighted by atomic mass is 10.0. The molecule has 0 radical (unpaired) electrons. The predicted octanol–water partition coefficient (Wildman–Crippen LogP) is 5.07. The van der Waals surface area contributed by atoms with Gasteiger partial charge in [0.15, 0.2) is 5.16 Å². The van der Waals surface area contributed by atoms with Gasteiger partial charge in [-0.15, -0.1) is 0 Å². The summed E-state index contributed by atoms with van der Waals surface area (Å²) >= 11 is 1.58. The van der Waals surface area contributed by atoms with Gasteiger partial charge >= 0.3 is 0 Å². The lowest BCUT2D eigenvalue weighted by molar-refractivity contribution is 0.0955. The summed E-state index contributed by atoms with van der Waals surface area (Å²) in [5, 5.41) is 4.91. The smallest absolute Gasteiger partial charge is 0.267 e. The summed E-state index contributed by atoms with van der Waals surface area (Å²) in [6, 6.07) is 13.7. The minimum atomic E-state index is -0.231. The van der Waals surface area contributed by atoms with E-state index in [0.29, 0.717) is 5.56 Å². The molecule has 0 aliphatic heterocycles. The molecule has 0 atom stereocenters. The summed E-state index contributed by atoms with van der Waals surface area (Å²) in [6.07, 6.45) is 1.71. The topological polar surface area (TPSA) is 67.2 Å². The van der Waals surface area contributed by atoms with Gasteiger partial charge in [-0.2, -0.15) is 5.10 Å². The summed E-state index contributed by atoms with van der Waals surface area (Å²) in [4.78, 5) is 21.3. The first kappa shape index (κ1) is 21.7. The van der Waals surface area contributed by atoms with E-state index in [-0.39, 0.29) is 5.91 Å². The van der Waals surface area contributed by atoms with Gasteiger partial charge in [-0.3, -0.25) is 4.79 Å². The minimum absolute atomic E-state index is 0.231. The van der Waals surface area contributed by atoms with Crippen LogP contribution in [0.1, 0.15) is 49.6 Å². The fraction of sp³-hybridized carbons (Fsp3) is 0.250. The molecule has 3 rings (SSSR count). The summed E-state index contributed by atoms with van der Waals surface area (Å²) in [5.41, 5.74) is 10.7. The Morgan fingerprint density at radius 1 is 0.967 bits per heavy atom. The standard InChI is InChI=1S/C24H26N4OS/c1-15-10-16(2)22(17(3)11-15)13-25-28-23(29)21-8-6-20(7-9-21)14-30-24-26-18(4)12-19(5)27-24/h6-13H,14H2,1-5H3,(H,28,29)/b25-13+. The van der Waals surface area contributed by atoms with Gasteiger partial charge in [0, 0.05) is 28.3 Å². The molecule has 0 aliphatic carbocycles. The molecule has 0 saturated carbocycles. The van der Waals surface area contributed by atoms with Crippen LogP contribution in [0.2, 0.25) is 0 Å². The predicted molar refractivity (Wildman–Crippen MR) is 123 cm³/mol. The zero-order chi connectivity index (χ0) is 21.7. The first-order valence-electron chi connectivity index (χ1n) is 9.77. The molecule has 5 nitrogen and oxygen atoms in total. The molecule has 2 aromatic carbocycles. The second-order valence-corrected chi connectivity index (χ2v) is 8.37. The molecule has 0 unspecified atom stereocenters. The van der Waals surface area contributed by atoms with Crippen LogP contribution in [-0.2, 0) is 5.75 Å². The van der Waals surface area contributed by atoms with Crippen LogP contribution in [0.15, 0.2) is 52.7 Å². The normalized spacial score (nSPS) is 11.1. The second-order valence-electron chi connectivity index (χ2n) is 7.43. The van der Waals surface area contributed by atoms with Crippen molar-refractivity contribution in [3.8, 4) is 0 Å². The Morgan fingerprint density at radius 2 is 1.57 bits per heavy atom. The molecule has 1 aromatic heterocycles. The molecule has 0 spiro atoms. The first-order valence-corrected chi connectivity index (χ1v) is 10.8. The van der Waals surface area contributed by atoms with Crippen LogP contribution in [0.3, 0.4) is 0 Å². The quantitative estimate of drug-likeness (QED) is 0.262. The number of benzene rings is 2. The lowest BCUT2D eigenvalue weighted by Gasteiger charge is -2.07. The number of rotatable bonds is 6. The molecule has 0 bridgehead atoms. The Labute approximate surface area is 182 Å². The third-order valence-corrected chi connectivity index (χ3v) is 5.56. The van der Waals surface area contributed by atoms with Gasteiger partial charge in [0.25, 0.3) is 5.91 Å². The van der Waals surface area contributed by atoms with Gasteiger partial charge in [-0.05, 0) is 69.5 Å². The van der Waals surface area contributed by atoms with Crippen molar-refractivity contribution in [3.63, 3.8) is 0 Å². The van der Waals surface area contributed by atoms with Crippen LogP contribution >= 0.6 is 11.8 Å². The zero-order valence-corrected chi connectivity index (χ0v) is 18.8. The average Bonchev–Trinajstić information content (AvgIpc) is 2.68. The highest BCUT2D eigenvalue weighted by molar-refractivity contribution is 7.98. The van der Waals surface area contributed by atoms with Gasteiger partial charge in [0.1, 0.15) is 0 Å². The first-order chi connectivity index (χ1) is 14.3. The van der Waals surface area contributed by atoms with E-state index < -0.39 is 0 Å². The number of hydrogen-bond acceptors (Lipinski definition) is 5. The monoisotopic (exact) mass is 418 g/mol. The van der Waals surface area contributed by atoms with Crippen molar-refractivity contribution in [3.05, 3.63) is 87.2 Å². The van der Waals surface area contributed by atoms with Crippen LogP contribution < -0.4 is 5.43 Å².